The van der Waals surface area contributed by atoms with Crippen LogP contribution in [0.1, 0.15) is 39.5 Å². The van der Waals surface area contributed by atoms with E-state index in [1.165, 1.54) is 6.33 Å². The summed E-state index contributed by atoms with van der Waals surface area (Å²) in [5.41, 5.74) is 5.82. The molecule has 0 unspecified atom stereocenters. The molecule has 1 heterocycles. The minimum Gasteiger partial charge on any atom is -0.490 e. The summed E-state index contributed by atoms with van der Waals surface area (Å²) in [6.07, 6.45) is 6.09. The zero-order valence-electron chi connectivity index (χ0n) is 11.6. The van der Waals surface area contributed by atoms with E-state index in [0.717, 1.165) is 44.6 Å². The fourth-order valence-corrected chi connectivity index (χ4v) is 1.82. The Hall–Kier alpha value is -1.52. The molecule has 1 aromatic rings. The lowest BCUT2D eigenvalue weighted by molar-refractivity contribution is 0.412. The van der Waals surface area contributed by atoms with Crippen LogP contribution in [0, 0.1) is 0 Å². The van der Waals surface area contributed by atoms with Gasteiger partial charge in [0.25, 0.3) is 0 Å². The molecule has 5 heteroatoms. The highest BCUT2D eigenvalue weighted by Gasteiger charge is 2.15. The van der Waals surface area contributed by atoms with Crippen LogP contribution in [-0.4, -0.2) is 30.2 Å². The van der Waals surface area contributed by atoms with Crippen molar-refractivity contribution in [3.05, 3.63) is 6.33 Å². The Labute approximate surface area is 109 Å². The number of aromatic nitrogens is 2. The predicted octanol–water partition coefficient (Wildman–Crippen LogP) is 2.47. The summed E-state index contributed by atoms with van der Waals surface area (Å²) in [4.78, 5) is 10.5. The second kappa shape index (κ2) is 7.74. The molecule has 102 valence electrons. The van der Waals surface area contributed by atoms with Crippen LogP contribution >= 0.6 is 0 Å². The van der Waals surface area contributed by atoms with E-state index in [4.69, 9.17) is 10.5 Å². The number of anilines is 2. The van der Waals surface area contributed by atoms with Gasteiger partial charge in [0.05, 0.1) is 7.11 Å². The van der Waals surface area contributed by atoms with Gasteiger partial charge in [-0.3, -0.25) is 0 Å². The Morgan fingerprint density at radius 2 is 1.78 bits per heavy atom. The highest BCUT2D eigenvalue weighted by atomic mass is 16.5. The van der Waals surface area contributed by atoms with Crippen molar-refractivity contribution in [2.75, 3.05) is 30.8 Å². The molecule has 0 aromatic carbocycles. The Balaban J connectivity index is 2.91. The van der Waals surface area contributed by atoms with Crippen molar-refractivity contribution >= 4 is 11.6 Å². The molecular formula is C13H24N4O. The third kappa shape index (κ3) is 3.75. The fraction of sp³-hybridized carbons (Fsp3) is 0.692. The molecule has 1 rings (SSSR count). The Morgan fingerprint density at radius 1 is 1.17 bits per heavy atom. The summed E-state index contributed by atoms with van der Waals surface area (Å²) in [6, 6.07) is 0. The zero-order valence-corrected chi connectivity index (χ0v) is 11.6. The van der Waals surface area contributed by atoms with Crippen molar-refractivity contribution < 1.29 is 4.74 Å². The van der Waals surface area contributed by atoms with Crippen molar-refractivity contribution in [3.8, 4) is 5.75 Å². The molecule has 0 aliphatic rings. The normalized spacial score (nSPS) is 10.4. The lowest BCUT2D eigenvalue weighted by Crippen LogP contribution is -2.27. The Bertz CT molecular complexity index is 349. The Morgan fingerprint density at radius 3 is 2.28 bits per heavy atom. The van der Waals surface area contributed by atoms with E-state index < -0.39 is 0 Å². The largest absolute Gasteiger partial charge is 0.490 e. The lowest BCUT2D eigenvalue weighted by atomic mass is 10.2. The fourth-order valence-electron chi connectivity index (χ4n) is 1.82. The first-order valence-electron chi connectivity index (χ1n) is 6.63. The van der Waals surface area contributed by atoms with Gasteiger partial charge in [-0.15, -0.1) is 0 Å². The van der Waals surface area contributed by atoms with Gasteiger partial charge in [0.2, 0.25) is 5.75 Å². The van der Waals surface area contributed by atoms with Crippen LogP contribution in [0.2, 0.25) is 0 Å². The number of nitrogens with zero attached hydrogens (tertiary/aromatic N) is 3. The first kappa shape index (κ1) is 14.5. The number of hydrogen-bond donors (Lipinski definition) is 1. The van der Waals surface area contributed by atoms with E-state index >= 15 is 0 Å². The maximum Gasteiger partial charge on any atom is 0.204 e. The minimum absolute atomic E-state index is 0.403. The number of unbranched alkanes of at least 4 members (excludes halogenated alkanes) is 2. The molecule has 0 aliphatic carbocycles. The molecule has 0 radical (unpaired) electrons. The number of nitrogen functional groups attached to an aromatic ring is 1. The van der Waals surface area contributed by atoms with Gasteiger partial charge in [-0.2, -0.15) is 0 Å². The van der Waals surface area contributed by atoms with Crippen LogP contribution in [-0.2, 0) is 0 Å². The van der Waals surface area contributed by atoms with Gasteiger partial charge < -0.3 is 15.4 Å². The molecule has 0 amide bonds. The molecule has 2 N–H and O–H groups in total. The molecule has 5 nitrogen and oxygen atoms in total. The van der Waals surface area contributed by atoms with Gasteiger partial charge in [0, 0.05) is 13.1 Å². The molecular weight excluding hydrogens is 228 g/mol. The van der Waals surface area contributed by atoms with Gasteiger partial charge in [-0.1, -0.05) is 26.7 Å². The van der Waals surface area contributed by atoms with Crippen molar-refractivity contribution in [1.82, 2.24) is 9.97 Å². The smallest absolute Gasteiger partial charge is 0.204 e. The quantitative estimate of drug-likeness (QED) is 0.770. The molecule has 0 aliphatic heterocycles. The highest BCUT2D eigenvalue weighted by molar-refractivity contribution is 5.62. The van der Waals surface area contributed by atoms with Crippen molar-refractivity contribution in [2.45, 2.75) is 39.5 Å². The number of hydrogen-bond acceptors (Lipinski definition) is 5. The topological polar surface area (TPSA) is 64.3 Å². The predicted molar refractivity (Wildman–Crippen MR) is 75.0 cm³/mol. The molecule has 0 atom stereocenters. The monoisotopic (exact) mass is 252 g/mol. The van der Waals surface area contributed by atoms with E-state index in [-0.39, 0.29) is 0 Å². The van der Waals surface area contributed by atoms with Gasteiger partial charge in [0.15, 0.2) is 11.6 Å². The zero-order chi connectivity index (χ0) is 13.4. The molecule has 0 fully saturated rings. The van der Waals surface area contributed by atoms with E-state index in [0.29, 0.717) is 11.6 Å². The number of methoxy groups -OCH3 is 1. The van der Waals surface area contributed by atoms with E-state index in [9.17, 15) is 0 Å². The molecule has 0 bridgehead atoms. The molecule has 1 aromatic heterocycles. The van der Waals surface area contributed by atoms with E-state index in [1.807, 2.05) is 0 Å². The summed E-state index contributed by atoms with van der Waals surface area (Å²) in [5, 5.41) is 0. The third-order valence-corrected chi connectivity index (χ3v) is 2.88. The molecule has 0 saturated heterocycles. The average Bonchev–Trinajstić information content (AvgIpc) is 2.39. The van der Waals surface area contributed by atoms with Gasteiger partial charge in [0.1, 0.15) is 6.33 Å². The molecule has 0 saturated carbocycles. The van der Waals surface area contributed by atoms with Crippen LogP contribution in [0.4, 0.5) is 11.6 Å². The first-order valence-corrected chi connectivity index (χ1v) is 6.63. The van der Waals surface area contributed by atoms with Crippen LogP contribution < -0.4 is 15.4 Å². The summed E-state index contributed by atoms with van der Waals surface area (Å²) in [7, 11) is 1.61. The number of nitrogens with two attached hydrogens (primary N) is 1. The SMILES string of the molecule is CCCCN(CCCC)c1ncnc(N)c1OC. The summed E-state index contributed by atoms with van der Waals surface area (Å²) in [6.45, 7) is 6.32. The number of ether oxygens (including phenoxy) is 1. The number of rotatable bonds is 8. The second-order valence-electron chi connectivity index (χ2n) is 4.31. The third-order valence-electron chi connectivity index (χ3n) is 2.88. The maximum absolute atomic E-state index is 5.82. The lowest BCUT2D eigenvalue weighted by Gasteiger charge is -2.25. The van der Waals surface area contributed by atoms with E-state index in [2.05, 4.69) is 28.7 Å². The minimum atomic E-state index is 0.403. The van der Waals surface area contributed by atoms with Crippen LogP contribution in [0.15, 0.2) is 6.33 Å². The van der Waals surface area contributed by atoms with Crippen LogP contribution in [0.3, 0.4) is 0 Å². The summed E-state index contributed by atoms with van der Waals surface area (Å²) >= 11 is 0. The first-order chi connectivity index (χ1) is 8.74. The standard InChI is InChI=1S/C13H24N4O/c1-4-6-8-17(9-7-5-2)13-11(18-3)12(14)15-10-16-13/h10H,4-9H2,1-3H3,(H2,14,15,16). The summed E-state index contributed by atoms with van der Waals surface area (Å²) in [5.74, 6) is 1.80. The van der Waals surface area contributed by atoms with Gasteiger partial charge in [-0.25, -0.2) is 9.97 Å². The highest BCUT2D eigenvalue weighted by Crippen LogP contribution is 2.30. The maximum atomic E-state index is 5.82. The summed E-state index contributed by atoms with van der Waals surface area (Å²) < 4.78 is 5.33. The van der Waals surface area contributed by atoms with Crippen molar-refractivity contribution in [2.24, 2.45) is 0 Å². The van der Waals surface area contributed by atoms with Gasteiger partial charge in [-0.05, 0) is 12.8 Å². The molecule has 18 heavy (non-hydrogen) atoms. The van der Waals surface area contributed by atoms with Gasteiger partial charge >= 0.3 is 0 Å². The Kier molecular flexibility index (Phi) is 6.25. The second-order valence-corrected chi connectivity index (χ2v) is 4.31. The van der Waals surface area contributed by atoms with Crippen molar-refractivity contribution in [1.29, 1.82) is 0 Å². The van der Waals surface area contributed by atoms with Crippen molar-refractivity contribution in [3.63, 3.8) is 0 Å². The van der Waals surface area contributed by atoms with Crippen LogP contribution in [0.25, 0.3) is 0 Å². The van der Waals surface area contributed by atoms with E-state index in [1.54, 1.807) is 7.11 Å². The van der Waals surface area contributed by atoms with Crippen LogP contribution in [0.5, 0.6) is 5.75 Å². The average molecular weight is 252 g/mol. The molecule has 0 spiro atoms.